The third-order valence-electron chi connectivity index (χ3n) is 4.30. The molecule has 0 aliphatic rings. The van der Waals surface area contributed by atoms with Crippen molar-refractivity contribution in [3.05, 3.63) is 94.8 Å². The number of rotatable bonds is 5. The third-order valence-corrected chi connectivity index (χ3v) is 5.53. The molecule has 0 atom stereocenters. The number of nitrogens with zero attached hydrogens (tertiary/aromatic N) is 3. The van der Waals surface area contributed by atoms with Gasteiger partial charge < -0.3 is 0 Å². The average molecular weight is 410 g/mol. The topological polar surface area (TPSA) is 30.7 Å². The van der Waals surface area contributed by atoms with Crippen molar-refractivity contribution in [3.63, 3.8) is 0 Å². The second-order valence-corrected chi connectivity index (χ2v) is 7.75. The van der Waals surface area contributed by atoms with Gasteiger partial charge in [-0.05, 0) is 48.9 Å². The van der Waals surface area contributed by atoms with Crippen molar-refractivity contribution < 1.29 is 4.39 Å². The van der Waals surface area contributed by atoms with Gasteiger partial charge in [-0.2, -0.15) is 0 Å². The molecule has 1 aromatic heterocycles. The van der Waals surface area contributed by atoms with E-state index in [0.717, 1.165) is 16.8 Å². The maximum Gasteiger partial charge on any atom is 0.196 e. The number of aromatic nitrogens is 3. The molecule has 3 aromatic carbocycles. The first-order chi connectivity index (χ1) is 13.6. The second-order valence-electron chi connectivity index (χ2n) is 6.38. The fourth-order valence-electron chi connectivity index (χ4n) is 2.88. The van der Waals surface area contributed by atoms with E-state index in [-0.39, 0.29) is 5.82 Å². The minimum Gasteiger partial charge on any atom is -0.270 e. The van der Waals surface area contributed by atoms with Gasteiger partial charge in [0.1, 0.15) is 5.82 Å². The Hall–Kier alpha value is -2.63. The van der Waals surface area contributed by atoms with Gasteiger partial charge >= 0.3 is 0 Å². The van der Waals surface area contributed by atoms with E-state index in [0.29, 0.717) is 27.3 Å². The Kier molecular flexibility index (Phi) is 5.46. The Bertz CT molecular complexity index is 1110. The molecule has 0 fully saturated rings. The van der Waals surface area contributed by atoms with E-state index in [1.165, 1.54) is 17.8 Å². The Labute approximate surface area is 172 Å². The van der Waals surface area contributed by atoms with Crippen LogP contribution in [0.2, 0.25) is 5.02 Å². The summed E-state index contributed by atoms with van der Waals surface area (Å²) in [7, 11) is 0. The van der Waals surface area contributed by atoms with Crippen LogP contribution in [-0.2, 0) is 5.75 Å². The summed E-state index contributed by atoms with van der Waals surface area (Å²) < 4.78 is 16.3. The van der Waals surface area contributed by atoms with Crippen molar-refractivity contribution in [3.8, 4) is 17.1 Å². The fraction of sp³-hybridized carbons (Fsp3) is 0.0909. The summed E-state index contributed by atoms with van der Waals surface area (Å²) in [4.78, 5) is 0. The molecular formula is C22H17ClFN3S. The average Bonchev–Trinajstić information content (AvgIpc) is 3.11. The lowest BCUT2D eigenvalue weighted by atomic mass is 10.2. The van der Waals surface area contributed by atoms with Crippen molar-refractivity contribution in [1.29, 1.82) is 0 Å². The largest absolute Gasteiger partial charge is 0.270 e. The number of benzene rings is 3. The summed E-state index contributed by atoms with van der Waals surface area (Å²) >= 11 is 7.62. The normalized spacial score (nSPS) is 11.0. The number of thioether (sulfide) groups is 1. The van der Waals surface area contributed by atoms with Crippen LogP contribution >= 0.6 is 23.4 Å². The standard InChI is InChI=1S/C22H17ClFN3S/c1-15-9-11-18(12-10-15)27-21(19-7-2-3-8-20(19)24)25-26-22(27)28-14-16-5-4-6-17(23)13-16/h2-13H,14H2,1H3. The van der Waals surface area contributed by atoms with Gasteiger partial charge in [0, 0.05) is 16.5 Å². The Morgan fingerprint density at radius 2 is 1.75 bits per heavy atom. The van der Waals surface area contributed by atoms with Gasteiger partial charge in [-0.15, -0.1) is 10.2 Å². The first-order valence-electron chi connectivity index (χ1n) is 8.76. The summed E-state index contributed by atoms with van der Waals surface area (Å²) in [6.45, 7) is 2.03. The summed E-state index contributed by atoms with van der Waals surface area (Å²) in [5.41, 5.74) is 3.55. The molecule has 6 heteroatoms. The molecular weight excluding hydrogens is 393 g/mol. The van der Waals surface area contributed by atoms with E-state index in [1.807, 2.05) is 60.0 Å². The number of halogens is 2. The highest BCUT2D eigenvalue weighted by atomic mass is 35.5. The monoisotopic (exact) mass is 409 g/mol. The molecule has 0 amide bonds. The van der Waals surface area contributed by atoms with Gasteiger partial charge in [0.05, 0.1) is 5.56 Å². The van der Waals surface area contributed by atoms with Crippen LogP contribution in [0.3, 0.4) is 0 Å². The third kappa shape index (κ3) is 3.96. The van der Waals surface area contributed by atoms with Gasteiger partial charge in [0.2, 0.25) is 0 Å². The first kappa shape index (κ1) is 18.7. The van der Waals surface area contributed by atoms with Crippen molar-refractivity contribution >= 4 is 23.4 Å². The van der Waals surface area contributed by atoms with E-state index in [9.17, 15) is 4.39 Å². The maximum absolute atomic E-state index is 14.4. The predicted molar refractivity (Wildman–Crippen MR) is 113 cm³/mol. The lowest BCUT2D eigenvalue weighted by Crippen LogP contribution is -2.01. The Morgan fingerprint density at radius 1 is 0.964 bits per heavy atom. The van der Waals surface area contributed by atoms with Gasteiger partial charge in [-0.1, -0.05) is 65.3 Å². The molecule has 0 saturated carbocycles. The van der Waals surface area contributed by atoms with Gasteiger partial charge in [-0.3, -0.25) is 4.57 Å². The molecule has 28 heavy (non-hydrogen) atoms. The van der Waals surface area contributed by atoms with Crippen LogP contribution in [0.4, 0.5) is 4.39 Å². The van der Waals surface area contributed by atoms with Crippen molar-refractivity contribution in [2.75, 3.05) is 0 Å². The quantitative estimate of drug-likeness (QED) is 0.361. The fourth-order valence-corrected chi connectivity index (χ4v) is 3.99. The molecule has 140 valence electrons. The molecule has 3 nitrogen and oxygen atoms in total. The Morgan fingerprint density at radius 3 is 2.50 bits per heavy atom. The highest BCUT2D eigenvalue weighted by Crippen LogP contribution is 2.31. The zero-order chi connectivity index (χ0) is 19.5. The smallest absolute Gasteiger partial charge is 0.196 e. The molecule has 0 unspecified atom stereocenters. The first-order valence-corrected chi connectivity index (χ1v) is 10.1. The minimum absolute atomic E-state index is 0.324. The van der Waals surface area contributed by atoms with E-state index >= 15 is 0 Å². The molecule has 0 aliphatic carbocycles. The van der Waals surface area contributed by atoms with Crippen molar-refractivity contribution in [2.24, 2.45) is 0 Å². The SMILES string of the molecule is Cc1ccc(-n2c(SCc3cccc(Cl)c3)nnc2-c2ccccc2F)cc1. The zero-order valence-corrected chi connectivity index (χ0v) is 16.7. The number of hydrogen-bond donors (Lipinski definition) is 0. The molecule has 0 spiro atoms. The van der Waals surface area contributed by atoms with E-state index in [4.69, 9.17) is 11.6 Å². The molecule has 4 aromatic rings. The maximum atomic E-state index is 14.4. The Balaban J connectivity index is 1.76. The summed E-state index contributed by atoms with van der Waals surface area (Å²) in [5, 5.41) is 10.0. The van der Waals surface area contributed by atoms with Gasteiger partial charge in [-0.25, -0.2) is 4.39 Å². The lowest BCUT2D eigenvalue weighted by Gasteiger charge is -2.11. The molecule has 0 saturated heterocycles. The van der Waals surface area contributed by atoms with Gasteiger partial charge in [0.25, 0.3) is 0 Å². The molecule has 1 heterocycles. The number of hydrogen-bond acceptors (Lipinski definition) is 3. The second kappa shape index (κ2) is 8.17. The highest BCUT2D eigenvalue weighted by molar-refractivity contribution is 7.98. The van der Waals surface area contributed by atoms with Crippen LogP contribution in [0, 0.1) is 12.7 Å². The molecule has 0 N–H and O–H groups in total. The molecule has 0 bridgehead atoms. The van der Waals surface area contributed by atoms with Crippen LogP contribution < -0.4 is 0 Å². The zero-order valence-electron chi connectivity index (χ0n) is 15.1. The molecule has 0 aliphatic heterocycles. The lowest BCUT2D eigenvalue weighted by molar-refractivity contribution is 0.629. The summed E-state index contributed by atoms with van der Waals surface area (Å²) in [6.07, 6.45) is 0. The number of aryl methyl sites for hydroxylation is 1. The molecule has 4 rings (SSSR count). The highest BCUT2D eigenvalue weighted by Gasteiger charge is 2.18. The molecule has 0 radical (unpaired) electrons. The summed E-state index contributed by atoms with van der Waals surface area (Å²) in [6, 6.07) is 22.4. The van der Waals surface area contributed by atoms with Crippen LogP contribution in [0.5, 0.6) is 0 Å². The van der Waals surface area contributed by atoms with Crippen LogP contribution in [0.15, 0.2) is 78.0 Å². The predicted octanol–water partition coefficient (Wildman–Crippen LogP) is 6.33. The van der Waals surface area contributed by atoms with Crippen LogP contribution in [-0.4, -0.2) is 14.8 Å². The van der Waals surface area contributed by atoms with Gasteiger partial charge in [0.15, 0.2) is 11.0 Å². The van der Waals surface area contributed by atoms with E-state index in [2.05, 4.69) is 10.2 Å². The van der Waals surface area contributed by atoms with E-state index in [1.54, 1.807) is 18.2 Å². The summed E-state index contributed by atoms with van der Waals surface area (Å²) in [5.74, 6) is 0.840. The van der Waals surface area contributed by atoms with Crippen LogP contribution in [0.25, 0.3) is 17.1 Å². The van der Waals surface area contributed by atoms with Crippen LogP contribution in [0.1, 0.15) is 11.1 Å². The van der Waals surface area contributed by atoms with Crippen molar-refractivity contribution in [2.45, 2.75) is 17.8 Å². The van der Waals surface area contributed by atoms with Crippen molar-refractivity contribution in [1.82, 2.24) is 14.8 Å². The van der Waals surface area contributed by atoms with E-state index < -0.39 is 0 Å². The minimum atomic E-state index is -0.324.